The molecule has 0 aliphatic rings. The Balaban J connectivity index is 1.92. The maximum absolute atomic E-state index is 5.84. The van der Waals surface area contributed by atoms with Crippen molar-refractivity contribution >= 4 is 14.9 Å². The molecule has 1 nitrogen and oxygen atoms in total. The van der Waals surface area contributed by atoms with Gasteiger partial charge in [-0.2, -0.15) is 0 Å². The first-order valence-corrected chi connectivity index (χ1v) is 6.29. The van der Waals surface area contributed by atoms with Crippen LogP contribution in [0.2, 0.25) is 0 Å². The average molecular weight is 226 g/mol. The molecule has 0 aliphatic heterocycles. The highest BCUT2D eigenvalue weighted by Crippen LogP contribution is 2.14. The molecule has 1 atom stereocenters. The number of hydrogen-bond donors (Lipinski definition) is 0. The van der Waals surface area contributed by atoms with Gasteiger partial charge < -0.3 is 4.43 Å². The van der Waals surface area contributed by atoms with Crippen LogP contribution in [0.25, 0.3) is 0 Å². The van der Waals surface area contributed by atoms with Gasteiger partial charge in [-0.25, -0.2) is 0 Å². The van der Waals surface area contributed by atoms with Crippen LogP contribution in [0.4, 0.5) is 0 Å². The molecule has 0 saturated carbocycles. The van der Waals surface area contributed by atoms with Crippen LogP contribution in [-0.4, -0.2) is 9.76 Å². The summed E-state index contributed by atoms with van der Waals surface area (Å²) in [6.07, 6.45) is 0.153. The topological polar surface area (TPSA) is 9.23 Å². The fraction of sp³-hybridized carbons (Fsp3) is 0.143. The van der Waals surface area contributed by atoms with Gasteiger partial charge in [-0.15, -0.1) is 0 Å². The average Bonchev–Trinajstić information content (AvgIpc) is 2.38. The normalized spacial score (nSPS) is 12.3. The van der Waals surface area contributed by atoms with E-state index in [4.69, 9.17) is 4.43 Å². The van der Waals surface area contributed by atoms with Crippen molar-refractivity contribution in [2.75, 3.05) is 0 Å². The Hall–Kier alpha value is -1.38. The Morgan fingerprint density at radius 3 is 2.06 bits per heavy atom. The molecular weight excluding hydrogens is 212 g/mol. The Morgan fingerprint density at radius 1 is 0.875 bits per heavy atom. The zero-order chi connectivity index (χ0) is 11.2. The summed E-state index contributed by atoms with van der Waals surface area (Å²) in [6.45, 7) is 2.09. The third kappa shape index (κ3) is 3.05. The van der Waals surface area contributed by atoms with Crippen LogP contribution in [0.5, 0.6) is 0 Å². The van der Waals surface area contributed by atoms with E-state index in [0.29, 0.717) is 9.76 Å². The quantitative estimate of drug-likeness (QED) is 0.728. The SMILES string of the molecule is CC(O[Si]c1ccccc1)c1ccccc1. The van der Waals surface area contributed by atoms with Crippen LogP contribution in [0.1, 0.15) is 18.6 Å². The second kappa shape index (κ2) is 5.63. The van der Waals surface area contributed by atoms with Gasteiger partial charge in [0.25, 0.3) is 9.76 Å². The van der Waals surface area contributed by atoms with Crippen molar-refractivity contribution in [3.05, 3.63) is 66.2 Å². The molecule has 0 spiro atoms. The first-order chi connectivity index (χ1) is 7.86. The molecule has 80 valence electrons. The van der Waals surface area contributed by atoms with Crippen LogP contribution in [0.3, 0.4) is 0 Å². The first kappa shape index (κ1) is 11.1. The third-order valence-corrected chi connectivity index (χ3v) is 3.44. The zero-order valence-electron chi connectivity index (χ0n) is 9.26. The molecule has 0 amide bonds. The standard InChI is InChI=1S/C14H14OSi/c1-12(13-8-4-2-5-9-13)15-16-14-10-6-3-7-11-14/h2-12H,1H3. The lowest BCUT2D eigenvalue weighted by molar-refractivity contribution is 0.244. The predicted molar refractivity (Wildman–Crippen MR) is 67.8 cm³/mol. The minimum Gasteiger partial charge on any atom is -0.405 e. The highest BCUT2D eigenvalue weighted by atomic mass is 28.2. The summed E-state index contributed by atoms with van der Waals surface area (Å²) in [6, 6.07) is 20.6. The molecule has 2 rings (SSSR count). The van der Waals surface area contributed by atoms with Crippen molar-refractivity contribution in [3.63, 3.8) is 0 Å². The van der Waals surface area contributed by atoms with Gasteiger partial charge in [0.1, 0.15) is 0 Å². The van der Waals surface area contributed by atoms with E-state index in [1.807, 2.05) is 36.4 Å². The van der Waals surface area contributed by atoms with Gasteiger partial charge in [0.2, 0.25) is 0 Å². The van der Waals surface area contributed by atoms with Crippen molar-refractivity contribution in [3.8, 4) is 0 Å². The molecule has 1 unspecified atom stereocenters. The van der Waals surface area contributed by atoms with E-state index in [2.05, 4.69) is 31.2 Å². The van der Waals surface area contributed by atoms with E-state index in [0.717, 1.165) is 0 Å². The second-order valence-electron chi connectivity index (χ2n) is 3.64. The number of rotatable bonds is 4. The molecule has 0 bridgehead atoms. The summed E-state index contributed by atoms with van der Waals surface area (Å²) in [5, 5.41) is 1.24. The van der Waals surface area contributed by atoms with Crippen LogP contribution in [0.15, 0.2) is 60.7 Å². The van der Waals surface area contributed by atoms with E-state index in [-0.39, 0.29) is 6.10 Å². The van der Waals surface area contributed by atoms with E-state index < -0.39 is 0 Å². The van der Waals surface area contributed by atoms with Gasteiger partial charge in [-0.3, -0.25) is 0 Å². The van der Waals surface area contributed by atoms with Crippen molar-refractivity contribution in [1.82, 2.24) is 0 Å². The molecule has 0 saturated heterocycles. The molecule has 0 N–H and O–H groups in total. The van der Waals surface area contributed by atoms with E-state index in [1.54, 1.807) is 0 Å². The van der Waals surface area contributed by atoms with E-state index in [9.17, 15) is 0 Å². The van der Waals surface area contributed by atoms with Crippen molar-refractivity contribution in [2.45, 2.75) is 13.0 Å². The van der Waals surface area contributed by atoms with E-state index >= 15 is 0 Å². The summed E-state index contributed by atoms with van der Waals surface area (Å²) in [5.74, 6) is 0. The van der Waals surface area contributed by atoms with Crippen LogP contribution in [0, 0.1) is 0 Å². The van der Waals surface area contributed by atoms with Gasteiger partial charge in [-0.1, -0.05) is 60.7 Å². The smallest absolute Gasteiger partial charge is 0.269 e. The Kier molecular flexibility index (Phi) is 3.91. The first-order valence-electron chi connectivity index (χ1n) is 5.38. The molecule has 0 fully saturated rings. The van der Waals surface area contributed by atoms with Crippen molar-refractivity contribution in [1.29, 1.82) is 0 Å². The summed E-state index contributed by atoms with van der Waals surface area (Å²) in [4.78, 5) is 0. The molecule has 2 aromatic carbocycles. The largest absolute Gasteiger partial charge is 0.405 e. The minimum absolute atomic E-state index is 0.153. The summed E-state index contributed by atoms with van der Waals surface area (Å²) in [5.41, 5.74) is 1.23. The minimum atomic E-state index is 0.153. The lowest BCUT2D eigenvalue weighted by Gasteiger charge is -2.12. The second-order valence-corrected chi connectivity index (χ2v) is 4.66. The predicted octanol–water partition coefficient (Wildman–Crippen LogP) is 2.71. The molecule has 2 radical (unpaired) electrons. The van der Waals surface area contributed by atoms with Crippen LogP contribution >= 0.6 is 0 Å². The van der Waals surface area contributed by atoms with Gasteiger partial charge in [0, 0.05) is 0 Å². The Labute approximate surface area is 99.0 Å². The van der Waals surface area contributed by atoms with Gasteiger partial charge in [0.15, 0.2) is 0 Å². The highest BCUT2D eigenvalue weighted by Gasteiger charge is 2.05. The van der Waals surface area contributed by atoms with Gasteiger partial charge in [0.05, 0.1) is 6.10 Å². The molecule has 0 aliphatic carbocycles. The number of hydrogen-bond acceptors (Lipinski definition) is 1. The fourth-order valence-corrected chi connectivity index (χ4v) is 2.23. The molecule has 0 heterocycles. The molecule has 16 heavy (non-hydrogen) atoms. The van der Waals surface area contributed by atoms with Gasteiger partial charge in [-0.05, 0) is 17.7 Å². The highest BCUT2D eigenvalue weighted by molar-refractivity contribution is 6.46. The summed E-state index contributed by atoms with van der Waals surface area (Å²) in [7, 11) is 0.410. The lowest BCUT2D eigenvalue weighted by Crippen LogP contribution is -2.18. The number of benzene rings is 2. The van der Waals surface area contributed by atoms with Crippen molar-refractivity contribution < 1.29 is 4.43 Å². The Bertz CT molecular complexity index is 413. The maximum atomic E-state index is 5.84. The lowest BCUT2D eigenvalue weighted by atomic mass is 10.1. The third-order valence-electron chi connectivity index (χ3n) is 2.40. The van der Waals surface area contributed by atoms with Crippen molar-refractivity contribution in [2.24, 2.45) is 0 Å². The van der Waals surface area contributed by atoms with Gasteiger partial charge >= 0.3 is 0 Å². The van der Waals surface area contributed by atoms with E-state index in [1.165, 1.54) is 10.8 Å². The fourth-order valence-electron chi connectivity index (χ4n) is 1.45. The monoisotopic (exact) mass is 226 g/mol. The maximum Gasteiger partial charge on any atom is 0.269 e. The molecule has 2 heteroatoms. The Morgan fingerprint density at radius 2 is 1.44 bits per heavy atom. The van der Waals surface area contributed by atoms with Crippen LogP contribution < -0.4 is 5.19 Å². The molecular formula is C14H14OSi. The summed E-state index contributed by atoms with van der Waals surface area (Å²) >= 11 is 0. The summed E-state index contributed by atoms with van der Waals surface area (Å²) < 4.78 is 5.84. The molecule has 0 aromatic heterocycles. The molecule has 2 aromatic rings. The zero-order valence-corrected chi connectivity index (χ0v) is 10.3. The van der Waals surface area contributed by atoms with Crippen LogP contribution in [-0.2, 0) is 4.43 Å².